The van der Waals surface area contributed by atoms with E-state index in [1.807, 2.05) is 0 Å². The van der Waals surface area contributed by atoms with Crippen LogP contribution in [-0.4, -0.2) is 0 Å². The van der Waals surface area contributed by atoms with Gasteiger partial charge in [-0.15, -0.1) is 0 Å². The third kappa shape index (κ3) is 5.58. The summed E-state index contributed by atoms with van der Waals surface area (Å²) in [7, 11) is 0. The minimum Gasteiger partial charge on any atom is -0.310 e. The van der Waals surface area contributed by atoms with Gasteiger partial charge in [-0.3, -0.25) is 0 Å². The van der Waals surface area contributed by atoms with Crippen LogP contribution in [0.3, 0.4) is 0 Å². The molecule has 1 heteroatoms. The molecule has 0 bridgehead atoms. The summed E-state index contributed by atoms with van der Waals surface area (Å²) < 4.78 is 0. The first-order chi connectivity index (χ1) is 35.0. The van der Waals surface area contributed by atoms with Gasteiger partial charge in [-0.05, 0) is 176 Å². The van der Waals surface area contributed by atoms with Crippen molar-refractivity contribution < 1.29 is 0 Å². The van der Waals surface area contributed by atoms with Gasteiger partial charge in [-0.2, -0.15) is 0 Å². The molecule has 12 aromatic rings. The number of hydrogen-bond donors (Lipinski definition) is 0. The van der Waals surface area contributed by atoms with Gasteiger partial charge in [0, 0.05) is 22.5 Å². The molecular formula is C70H47N. The van der Waals surface area contributed by atoms with Crippen molar-refractivity contribution in [3.05, 3.63) is 282 Å². The first-order valence-electron chi connectivity index (χ1n) is 25.0. The predicted octanol–water partition coefficient (Wildman–Crippen LogP) is 18.6. The third-order valence-corrected chi connectivity index (χ3v) is 16.5. The number of rotatable bonds is 5. The molecule has 0 fully saturated rings. The number of fused-ring (bicyclic) bond motifs is 19. The van der Waals surface area contributed by atoms with Gasteiger partial charge in [-0.25, -0.2) is 0 Å². The predicted molar refractivity (Wildman–Crippen MR) is 298 cm³/mol. The summed E-state index contributed by atoms with van der Waals surface area (Å²) in [4.78, 5) is 2.45. The Hall–Kier alpha value is -8.78. The van der Waals surface area contributed by atoms with E-state index in [0.29, 0.717) is 0 Å². The molecule has 0 atom stereocenters. The monoisotopic (exact) mass is 901 g/mol. The highest BCUT2D eigenvalue weighted by molar-refractivity contribution is 6.26. The zero-order valence-corrected chi connectivity index (χ0v) is 39.6. The second kappa shape index (κ2) is 14.9. The maximum Gasteiger partial charge on any atom is 0.0726 e. The van der Waals surface area contributed by atoms with Gasteiger partial charge in [0.25, 0.3) is 0 Å². The summed E-state index contributed by atoms with van der Waals surface area (Å²) in [6, 6.07) is 93.4. The molecule has 0 saturated heterocycles. The fraction of sp³-hybridized carbons (Fsp3) is 0.0571. The second-order valence-corrected chi connectivity index (χ2v) is 20.3. The van der Waals surface area contributed by atoms with Crippen molar-refractivity contribution in [1.82, 2.24) is 0 Å². The van der Waals surface area contributed by atoms with Crippen molar-refractivity contribution in [1.29, 1.82) is 0 Å². The molecule has 0 radical (unpaired) electrons. The Morgan fingerprint density at radius 3 is 1.18 bits per heavy atom. The highest BCUT2D eigenvalue weighted by Crippen LogP contribution is 2.63. The van der Waals surface area contributed by atoms with Gasteiger partial charge in [0.15, 0.2) is 0 Å². The van der Waals surface area contributed by atoms with Crippen LogP contribution in [0.15, 0.2) is 249 Å². The quantitative estimate of drug-likeness (QED) is 0.156. The molecule has 1 spiro atoms. The van der Waals surface area contributed by atoms with E-state index in [9.17, 15) is 0 Å². The Kier molecular flexibility index (Phi) is 8.40. The smallest absolute Gasteiger partial charge is 0.0726 e. The van der Waals surface area contributed by atoms with Crippen molar-refractivity contribution in [2.75, 3.05) is 4.90 Å². The minimum atomic E-state index is -0.433. The van der Waals surface area contributed by atoms with Gasteiger partial charge < -0.3 is 4.90 Å². The molecule has 0 heterocycles. The van der Waals surface area contributed by atoms with Crippen LogP contribution in [0, 0.1) is 0 Å². The summed E-state index contributed by atoms with van der Waals surface area (Å²) in [5.74, 6) is 0. The van der Waals surface area contributed by atoms with Crippen molar-refractivity contribution in [3.63, 3.8) is 0 Å². The lowest BCUT2D eigenvalue weighted by Crippen LogP contribution is -2.26. The minimum absolute atomic E-state index is 0.171. The lowest BCUT2D eigenvalue weighted by atomic mass is 9.70. The molecule has 332 valence electrons. The molecule has 0 N–H and O–H groups in total. The second-order valence-electron chi connectivity index (χ2n) is 20.3. The standard InChI is InChI=1S/C70H47N/c1-69(2)66-40-47(32-38-59(66)62-42-60-53-20-8-6-18-51(53)52-19-7-9-21-54(52)61(60)43-67(62)69)46-30-35-49(36-31-46)71(48-33-28-45(29-34-48)44-16-4-3-5-17-44)50-37-39-58-57-24-12-15-27-65(57)70(68(58)41-50)63-25-13-10-22-55(63)56-23-11-14-26-64(56)70/h3-43H,1-2H3. The molecule has 3 aliphatic rings. The Labute approximate surface area is 414 Å². The molecule has 1 nitrogen and oxygen atoms in total. The number of nitrogens with zero attached hydrogens (tertiary/aromatic N) is 1. The SMILES string of the molecule is CC1(C)c2cc(-c3ccc(N(c4ccc(-c5ccccc5)cc4)c4ccc5c(c4)C4(c6ccccc6-c6ccccc64)c4ccccc4-5)cc3)ccc2-c2cc3c4ccccc4c4ccccc4c3cc21. The van der Waals surface area contributed by atoms with Crippen LogP contribution >= 0.6 is 0 Å². The van der Waals surface area contributed by atoms with Crippen molar-refractivity contribution in [2.45, 2.75) is 24.7 Å². The summed E-state index contributed by atoms with van der Waals surface area (Å²) in [6.07, 6.45) is 0. The van der Waals surface area contributed by atoms with E-state index in [1.165, 1.54) is 121 Å². The van der Waals surface area contributed by atoms with Crippen LogP contribution in [0.4, 0.5) is 17.1 Å². The molecule has 0 saturated carbocycles. The summed E-state index contributed by atoms with van der Waals surface area (Å²) in [5.41, 5.74) is 23.6. The van der Waals surface area contributed by atoms with E-state index in [0.717, 1.165) is 17.1 Å². The Morgan fingerprint density at radius 2 is 0.620 bits per heavy atom. The Balaban J connectivity index is 0.861. The van der Waals surface area contributed by atoms with Crippen LogP contribution < -0.4 is 4.90 Å². The summed E-state index contributed by atoms with van der Waals surface area (Å²) in [6.45, 7) is 4.81. The molecule has 0 aromatic heterocycles. The molecule has 12 aromatic carbocycles. The normalized spacial score (nSPS) is 14.0. The van der Waals surface area contributed by atoms with E-state index in [4.69, 9.17) is 0 Å². The molecule has 0 aliphatic heterocycles. The van der Waals surface area contributed by atoms with Crippen LogP contribution in [0.1, 0.15) is 47.2 Å². The fourth-order valence-corrected chi connectivity index (χ4v) is 13.2. The number of benzene rings is 12. The fourth-order valence-electron chi connectivity index (χ4n) is 13.2. The van der Waals surface area contributed by atoms with Crippen LogP contribution in [0.25, 0.3) is 88.0 Å². The van der Waals surface area contributed by atoms with E-state index >= 15 is 0 Å². The van der Waals surface area contributed by atoms with E-state index in [-0.39, 0.29) is 5.41 Å². The highest BCUT2D eigenvalue weighted by Gasteiger charge is 2.51. The zero-order valence-electron chi connectivity index (χ0n) is 39.6. The highest BCUT2D eigenvalue weighted by atomic mass is 15.1. The maximum absolute atomic E-state index is 2.50. The molecule has 3 aliphatic carbocycles. The van der Waals surface area contributed by atoms with Crippen LogP contribution in [-0.2, 0) is 10.8 Å². The average molecular weight is 902 g/mol. The summed E-state index contributed by atoms with van der Waals surface area (Å²) in [5, 5.41) is 7.90. The number of hydrogen-bond acceptors (Lipinski definition) is 1. The van der Waals surface area contributed by atoms with Crippen LogP contribution in [0.5, 0.6) is 0 Å². The topological polar surface area (TPSA) is 3.24 Å². The zero-order chi connectivity index (χ0) is 47.0. The molecular weight excluding hydrogens is 855 g/mol. The van der Waals surface area contributed by atoms with Crippen molar-refractivity contribution in [3.8, 4) is 55.6 Å². The number of anilines is 3. The lowest BCUT2D eigenvalue weighted by molar-refractivity contribution is 0.661. The Morgan fingerprint density at radius 1 is 0.239 bits per heavy atom. The average Bonchev–Trinajstić information content (AvgIpc) is 3.99. The van der Waals surface area contributed by atoms with Crippen molar-refractivity contribution >= 4 is 49.4 Å². The summed E-state index contributed by atoms with van der Waals surface area (Å²) >= 11 is 0. The first-order valence-corrected chi connectivity index (χ1v) is 25.0. The third-order valence-electron chi connectivity index (χ3n) is 16.5. The van der Waals surface area contributed by atoms with Gasteiger partial charge in [0.05, 0.1) is 5.41 Å². The first kappa shape index (κ1) is 40.1. The lowest BCUT2D eigenvalue weighted by Gasteiger charge is -2.32. The van der Waals surface area contributed by atoms with Gasteiger partial charge >= 0.3 is 0 Å². The molecule has 71 heavy (non-hydrogen) atoms. The molecule has 0 unspecified atom stereocenters. The largest absolute Gasteiger partial charge is 0.310 e. The van der Waals surface area contributed by atoms with Crippen molar-refractivity contribution in [2.24, 2.45) is 0 Å². The van der Waals surface area contributed by atoms with E-state index < -0.39 is 5.41 Å². The van der Waals surface area contributed by atoms with Gasteiger partial charge in [-0.1, -0.05) is 208 Å². The Bertz CT molecular complexity index is 4110. The maximum atomic E-state index is 2.50. The van der Waals surface area contributed by atoms with E-state index in [1.54, 1.807) is 0 Å². The molecule has 15 rings (SSSR count). The van der Waals surface area contributed by atoms with Gasteiger partial charge in [0.2, 0.25) is 0 Å². The van der Waals surface area contributed by atoms with Gasteiger partial charge in [0.1, 0.15) is 0 Å². The molecule has 0 amide bonds. The van der Waals surface area contributed by atoms with Crippen LogP contribution in [0.2, 0.25) is 0 Å². The van der Waals surface area contributed by atoms with E-state index in [2.05, 4.69) is 267 Å².